The van der Waals surface area contributed by atoms with Crippen LogP contribution in [-0.2, 0) is 0 Å². The second-order valence-corrected chi connectivity index (χ2v) is 6.14. The van der Waals surface area contributed by atoms with Gasteiger partial charge in [0.15, 0.2) is 0 Å². The van der Waals surface area contributed by atoms with Gasteiger partial charge in [0.05, 0.1) is 12.6 Å². The molecule has 0 aromatic heterocycles. The first-order valence-electron chi connectivity index (χ1n) is 6.94. The van der Waals surface area contributed by atoms with E-state index in [2.05, 4.69) is 38.3 Å². The molecular formula is C15H26N2OS. The summed E-state index contributed by atoms with van der Waals surface area (Å²) < 4.78 is 5.58. The van der Waals surface area contributed by atoms with Crippen LogP contribution < -0.4 is 16.0 Å². The van der Waals surface area contributed by atoms with Crippen molar-refractivity contribution in [2.75, 3.05) is 18.1 Å². The highest BCUT2D eigenvalue weighted by atomic mass is 32.2. The molecule has 1 unspecified atom stereocenters. The maximum atomic E-state index is 5.65. The van der Waals surface area contributed by atoms with Crippen LogP contribution in [0.15, 0.2) is 24.3 Å². The van der Waals surface area contributed by atoms with Crippen molar-refractivity contribution < 1.29 is 4.74 Å². The fourth-order valence-corrected chi connectivity index (χ4v) is 2.81. The molecule has 1 aromatic carbocycles. The summed E-state index contributed by atoms with van der Waals surface area (Å²) in [6, 6.07) is 8.41. The standard InChI is InChI=1S/C15H26N2OS/c1-4-9-18-14-7-5-13(6-8-14)15(17-16)11-19-10-12(2)3/h5-8,12,15,17H,4,9-11,16H2,1-3H3. The van der Waals surface area contributed by atoms with E-state index in [0.717, 1.165) is 30.3 Å². The molecule has 0 bridgehead atoms. The monoisotopic (exact) mass is 282 g/mol. The van der Waals surface area contributed by atoms with Crippen LogP contribution in [0.2, 0.25) is 0 Å². The third-order valence-corrected chi connectivity index (χ3v) is 4.16. The Bertz CT molecular complexity index is 341. The highest BCUT2D eigenvalue weighted by Gasteiger charge is 2.10. The molecule has 0 fully saturated rings. The number of hydrogen-bond acceptors (Lipinski definition) is 4. The maximum absolute atomic E-state index is 5.65. The van der Waals surface area contributed by atoms with Gasteiger partial charge in [-0.15, -0.1) is 0 Å². The van der Waals surface area contributed by atoms with Gasteiger partial charge in [0, 0.05) is 5.75 Å². The lowest BCUT2D eigenvalue weighted by molar-refractivity contribution is 0.317. The average molecular weight is 282 g/mol. The summed E-state index contributed by atoms with van der Waals surface area (Å²) in [4.78, 5) is 0. The minimum atomic E-state index is 0.198. The van der Waals surface area contributed by atoms with Gasteiger partial charge in [-0.1, -0.05) is 32.9 Å². The molecule has 108 valence electrons. The Morgan fingerprint density at radius 1 is 1.21 bits per heavy atom. The molecular weight excluding hydrogens is 256 g/mol. The number of rotatable bonds is 9. The van der Waals surface area contributed by atoms with Crippen molar-refractivity contribution in [3.63, 3.8) is 0 Å². The largest absolute Gasteiger partial charge is 0.494 e. The van der Waals surface area contributed by atoms with Crippen molar-refractivity contribution in [3.05, 3.63) is 29.8 Å². The number of ether oxygens (including phenoxy) is 1. The molecule has 3 N–H and O–H groups in total. The summed E-state index contributed by atoms with van der Waals surface area (Å²) in [5.74, 6) is 9.44. The summed E-state index contributed by atoms with van der Waals surface area (Å²) in [5.41, 5.74) is 4.10. The summed E-state index contributed by atoms with van der Waals surface area (Å²) in [6.07, 6.45) is 1.03. The predicted octanol–water partition coefficient (Wildman–Crippen LogP) is 3.37. The van der Waals surface area contributed by atoms with E-state index < -0.39 is 0 Å². The molecule has 1 rings (SSSR count). The molecule has 0 saturated carbocycles. The Hall–Kier alpha value is -0.710. The van der Waals surface area contributed by atoms with Crippen LogP contribution in [-0.4, -0.2) is 18.1 Å². The lowest BCUT2D eigenvalue weighted by Gasteiger charge is -2.17. The van der Waals surface area contributed by atoms with Gasteiger partial charge >= 0.3 is 0 Å². The van der Waals surface area contributed by atoms with Gasteiger partial charge in [0.25, 0.3) is 0 Å². The minimum Gasteiger partial charge on any atom is -0.494 e. The lowest BCUT2D eigenvalue weighted by Crippen LogP contribution is -2.29. The number of nitrogens with one attached hydrogen (secondary N) is 1. The van der Waals surface area contributed by atoms with Crippen molar-refractivity contribution in [1.82, 2.24) is 5.43 Å². The summed E-state index contributed by atoms with van der Waals surface area (Å²) >= 11 is 1.93. The minimum absolute atomic E-state index is 0.198. The van der Waals surface area contributed by atoms with Crippen LogP contribution in [0.25, 0.3) is 0 Å². The second-order valence-electron chi connectivity index (χ2n) is 5.07. The third-order valence-electron chi connectivity index (χ3n) is 2.69. The van der Waals surface area contributed by atoms with E-state index in [1.165, 1.54) is 5.56 Å². The molecule has 1 atom stereocenters. The molecule has 0 heterocycles. The van der Waals surface area contributed by atoms with E-state index in [9.17, 15) is 0 Å². The molecule has 4 heteroatoms. The lowest BCUT2D eigenvalue weighted by atomic mass is 10.1. The highest BCUT2D eigenvalue weighted by Crippen LogP contribution is 2.22. The molecule has 0 aliphatic heterocycles. The number of hydrogen-bond donors (Lipinski definition) is 2. The fraction of sp³-hybridized carbons (Fsp3) is 0.600. The molecule has 0 aliphatic carbocycles. The van der Waals surface area contributed by atoms with Crippen LogP contribution >= 0.6 is 11.8 Å². The molecule has 0 saturated heterocycles. The first kappa shape index (κ1) is 16.3. The predicted molar refractivity (Wildman–Crippen MR) is 84.5 cm³/mol. The normalized spacial score (nSPS) is 12.7. The van der Waals surface area contributed by atoms with Crippen LogP contribution in [0.4, 0.5) is 0 Å². The van der Waals surface area contributed by atoms with Crippen LogP contribution in [0.3, 0.4) is 0 Å². The number of hydrazine groups is 1. The van der Waals surface area contributed by atoms with Crippen molar-refractivity contribution >= 4 is 11.8 Å². The van der Waals surface area contributed by atoms with Crippen LogP contribution in [0.5, 0.6) is 5.75 Å². The number of benzene rings is 1. The van der Waals surface area contributed by atoms with Gasteiger partial charge in [-0.2, -0.15) is 11.8 Å². The zero-order valence-electron chi connectivity index (χ0n) is 12.2. The van der Waals surface area contributed by atoms with Gasteiger partial charge in [-0.25, -0.2) is 0 Å². The van der Waals surface area contributed by atoms with Gasteiger partial charge < -0.3 is 4.74 Å². The molecule has 0 spiro atoms. The Kier molecular flexibility index (Phi) is 7.94. The third kappa shape index (κ3) is 6.32. The Morgan fingerprint density at radius 3 is 2.42 bits per heavy atom. The molecule has 1 aromatic rings. The van der Waals surface area contributed by atoms with Crippen molar-refractivity contribution in [1.29, 1.82) is 0 Å². The zero-order chi connectivity index (χ0) is 14.1. The quantitative estimate of drug-likeness (QED) is 0.538. The molecule has 0 aliphatic rings. The van der Waals surface area contributed by atoms with Gasteiger partial charge in [-0.05, 0) is 35.8 Å². The molecule has 19 heavy (non-hydrogen) atoms. The van der Waals surface area contributed by atoms with E-state index in [0.29, 0.717) is 5.92 Å². The first-order chi connectivity index (χ1) is 9.17. The Morgan fingerprint density at radius 2 is 1.89 bits per heavy atom. The molecule has 0 amide bonds. The average Bonchev–Trinajstić information content (AvgIpc) is 2.42. The van der Waals surface area contributed by atoms with Crippen molar-refractivity contribution in [2.24, 2.45) is 11.8 Å². The van der Waals surface area contributed by atoms with E-state index in [4.69, 9.17) is 10.6 Å². The van der Waals surface area contributed by atoms with Crippen LogP contribution in [0.1, 0.15) is 38.8 Å². The molecule has 0 radical (unpaired) electrons. The van der Waals surface area contributed by atoms with Gasteiger partial charge in [0.2, 0.25) is 0 Å². The maximum Gasteiger partial charge on any atom is 0.119 e. The Balaban J connectivity index is 2.50. The van der Waals surface area contributed by atoms with E-state index in [1.807, 2.05) is 23.9 Å². The van der Waals surface area contributed by atoms with Crippen molar-refractivity contribution in [3.8, 4) is 5.75 Å². The number of nitrogens with two attached hydrogens (primary N) is 1. The Labute approximate surface area is 121 Å². The van der Waals surface area contributed by atoms with Gasteiger partial charge in [-0.3, -0.25) is 11.3 Å². The summed E-state index contributed by atoms with van der Waals surface area (Å²) in [6.45, 7) is 7.34. The van der Waals surface area contributed by atoms with E-state index in [-0.39, 0.29) is 6.04 Å². The zero-order valence-corrected chi connectivity index (χ0v) is 13.0. The topological polar surface area (TPSA) is 47.3 Å². The summed E-state index contributed by atoms with van der Waals surface area (Å²) in [7, 11) is 0. The summed E-state index contributed by atoms with van der Waals surface area (Å²) in [5, 5.41) is 0. The van der Waals surface area contributed by atoms with Crippen molar-refractivity contribution in [2.45, 2.75) is 33.2 Å². The second kappa shape index (κ2) is 9.23. The van der Waals surface area contributed by atoms with Crippen LogP contribution in [0, 0.1) is 5.92 Å². The SMILES string of the molecule is CCCOc1ccc(C(CSCC(C)C)NN)cc1. The van der Waals surface area contributed by atoms with E-state index in [1.54, 1.807) is 0 Å². The van der Waals surface area contributed by atoms with E-state index >= 15 is 0 Å². The fourth-order valence-electron chi connectivity index (χ4n) is 1.68. The molecule has 3 nitrogen and oxygen atoms in total. The number of thioether (sulfide) groups is 1. The smallest absolute Gasteiger partial charge is 0.119 e. The van der Waals surface area contributed by atoms with Gasteiger partial charge in [0.1, 0.15) is 5.75 Å². The first-order valence-corrected chi connectivity index (χ1v) is 8.09. The highest BCUT2D eigenvalue weighted by molar-refractivity contribution is 7.99.